The number of methoxy groups -OCH3 is 1. The zero-order valence-electron chi connectivity index (χ0n) is 25.4. The van der Waals surface area contributed by atoms with Crippen molar-refractivity contribution in [1.82, 2.24) is 4.90 Å². The quantitative estimate of drug-likeness (QED) is 0.348. The average molecular weight is 600 g/mol. The summed E-state index contributed by atoms with van der Waals surface area (Å²) < 4.78 is 29.6. The number of hydrogen-bond acceptors (Lipinski definition) is 7. The van der Waals surface area contributed by atoms with Gasteiger partial charge in [-0.1, -0.05) is 6.92 Å². The summed E-state index contributed by atoms with van der Waals surface area (Å²) in [6, 6.07) is 5.84. The van der Waals surface area contributed by atoms with Crippen LogP contribution in [-0.2, 0) is 19.1 Å². The molecule has 0 bridgehead atoms. The van der Waals surface area contributed by atoms with Crippen LogP contribution in [0.25, 0.3) is 11.0 Å². The van der Waals surface area contributed by atoms with Gasteiger partial charge in [-0.3, -0.25) is 9.59 Å². The Hall–Kier alpha value is -2.98. The molecular formula is C33H46FN3O6. The van der Waals surface area contributed by atoms with Gasteiger partial charge in [0.05, 0.1) is 12.7 Å². The van der Waals surface area contributed by atoms with Gasteiger partial charge in [0.1, 0.15) is 18.3 Å². The van der Waals surface area contributed by atoms with E-state index >= 15 is 0 Å². The largest absolute Gasteiger partial charge is 0.460 e. The minimum Gasteiger partial charge on any atom is -0.460 e. The van der Waals surface area contributed by atoms with Crippen molar-refractivity contribution in [3.63, 3.8) is 0 Å². The normalized spacial score (nSPS) is 28.5. The number of benzene rings is 1. The number of nitrogens with zero attached hydrogens (tertiary/aromatic N) is 1. The van der Waals surface area contributed by atoms with Crippen LogP contribution in [-0.4, -0.2) is 67.8 Å². The zero-order chi connectivity index (χ0) is 30.5. The van der Waals surface area contributed by atoms with Crippen molar-refractivity contribution in [3.8, 4) is 0 Å². The van der Waals surface area contributed by atoms with Crippen molar-refractivity contribution in [2.24, 2.45) is 29.4 Å². The number of ether oxygens (including phenoxy) is 2. The molecule has 1 aromatic heterocycles. The number of carbonyl (C=O) groups is 3. The summed E-state index contributed by atoms with van der Waals surface area (Å²) in [6.45, 7) is 2.25. The van der Waals surface area contributed by atoms with E-state index in [-0.39, 0.29) is 41.4 Å². The number of amides is 2. The lowest BCUT2D eigenvalue weighted by molar-refractivity contribution is -0.142. The van der Waals surface area contributed by atoms with Gasteiger partial charge in [-0.15, -0.1) is 0 Å². The fourth-order valence-electron chi connectivity index (χ4n) is 7.50. The predicted molar refractivity (Wildman–Crippen MR) is 161 cm³/mol. The van der Waals surface area contributed by atoms with Crippen LogP contribution in [0.4, 0.5) is 10.1 Å². The minimum absolute atomic E-state index is 0.0287. The molecule has 1 aliphatic heterocycles. The van der Waals surface area contributed by atoms with Gasteiger partial charge in [-0.2, -0.15) is 0 Å². The smallest absolute Gasteiger partial charge is 0.374 e. The number of carbonyl (C=O) groups excluding carboxylic acids is 3. The van der Waals surface area contributed by atoms with Crippen LogP contribution in [0.3, 0.4) is 0 Å². The molecule has 2 amide bonds. The molecule has 2 heterocycles. The molecule has 1 aromatic carbocycles. The molecule has 10 heteroatoms. The molecule has 0 radical (unpaired) electrons. The summed E-state index contributed by atoms with van der Waals surface area (Å²) >= 11 is 0. The summed E-state index contributed by atoms with van der Waals surface area (Å²) in [5, 5.41) is 3.76. The molecule has 5 rings (SSSR count). The minimum atomic E-state index is -0.568. The first kappa shape index (κ1) is 31.4. The van der Waals surface area contributed by atoms with E-state index in [0.717, 1.165) is 44.9 Å². The van der Waals surface area contributed by atoms with Crippen molar-refractivity contribution < 1.29 is 32.7 Å². The summed E-state index contributed by atoms with van der Waals surface area (Å²) in [5.41, 5.74) is 7.06. The van der Waals surface area contributed by atoms with Gasteiger partial charge < -0.3 is 29.8 Å². The molecule has 0 unspecified atom stereocenters. The van der Waals surface area contributed by atoms with E-state index in [9.17, 15) is 18.8 Å². The number of rotatable bonds is 10. The van der Waals surface area contributed by atoms with E-state index in [0.29, 0.717) is 55.0 Å². The van der Waals surface area contributed by atoms with Gasteiger partial charge in [0, 0.05) is 36.7 Å². The maximum absolute atomic E-state index is 14.0. The van der Waals surface area contributed by atoms with Crippen LogP contribution in [0.15, 0.2) is 28.7 Å². The number of hydrogen-bond donors (Lipinski definition) is 2. The van der Waals surface area contributed by atoms with Crippen LogP contribution in [0.1, 0.15) is 81.7 Å². The predicted octanol–water partition coefficient (Wildman–Crippen LogP) is 5.46. The zero-order valence-corrected chi connectivity index (χ0v) is 25.4. The molecule has 0 spiro atoms. The van der Waals surface area contributed by atoms with E-state index in [1.807, 2.05) is 11.8 Å². The summed E-state index contributed by atoms with van der Waals surface area (Å²) in [6.07, 6.45) is 8.42. The Balaban J connectivity index is 1.32. The molecule has 3 N–H and O–H groups in total. The summed E-state index contributed by atoms with van der Waals surface area (Å²) in [7, 11) is 1.75. The molecule has 43 heavy (non-hydrogen) atoms. The number of alkyl halides is 1. The molecular weight excluding hydrogens is 553 g/mol. The molecule has 1 saturated heterocycles. The Morgan fingerprint density at radius 3 is 2.49 bits per heavy atom. The number of nitrogens with two attached hydrogens (primary N) is 1. The molecule has 2 aliphatic carbocycles. The van der Waals surface area contributed by atoms with Crippen molar-refractivity contribution in [1.29, 1.82) is 0 Å². The highest BCUT2D eigenvalue weighted by atomic mass is 19.1. The van der Waals surface area contributed by atoms with Crippen molar-refractivity contribution >= 4 is 34.4 Å². The Morgan fingerprint density at radius 1 is 1.07 bits per heavy atom. The molecule has 2 saturated carbocycles. The first-order valence-corrected chi connectivity index (χ1v) is 16.0. The molecule has 2 aromatic rings. The Morgan fingerprint density at radius 2 is 1.81 bits per heavy atom. The van der Waals surface area contributed by atoms with Gasteiger partial charge in [-0.25, -0.2) is 9.18 Å². The molecule has 3 atom stereocenters. The first-order chi connectivity index (χ1) is 20.8. The van der Waals surface area contributed by atoms with Gasteiger partial charge in [0.2, 0.25) is 17.6 Å². The molecule has 236 valence electrons. The van der Waals surface area contributed by atoms with Crippen LogP contribution >= 0.6 is 0 Å². The first-order valence-electron chi connectivity index (χ1n) is 16.0. The second kappa shape index (κ2) is 14.2. The third-order valence-electron chi connectivity index (χ3n) is 9.98. The average Bonchev–Trinajstić information content (AvgIpc) is 3.68. The third-order valence-corrected chi connectivity index (χ3v) is 9.98. The van der Waals surface area contributed by atoms with Gasteiger partial charge in [0.25, 0.3) is 0 Å². The second-order valence-corrected chi connectivity index (χ2v) is 12.6. The monoisotopic (exact) mass is 599 g/mol. The van der Waals surface area contributed by atoms with E-state index in [2.05, 4.69) is 5.32 Å². The van der Waals surface area contributed by atoms with E-state index in [4.69, 9.17) is 19.6 Å². The Labute approximate surface area is 253 Å². The maximum atomic E-state index is 14.0. The summed E-state index contributed by atoms with van der Waals surface area (Å²) in [5.74, 6) is -0.230. The maximum Gasteiger partial charge on any atom is 0.374 e. The van der Waals surface area contributed by atoms with Gasteiger partial charge >= 0.3 is 5.97 Å². The topological polar surface area (TPSA) is 124 Å². The van der Waals surface area contributed by atoms with Crippen molar-refractivity contribution in [2.75, 3.05) is 32.3 Å². The van der Waals surface area contributed by atoms with Crippen molar-refractivity contribution in [2.45, 2.75) is 89.3 Å². The SMILES string of the molecule is CCCOC(=O)c1cc2cc(NC(=O)[C@@H]3[C@H](C4CCC(OC)CC4)CCN3C(=O)C3CCC([C@H](N)CF)CC3)ccc2o1. The standard InChI is InChI=1S/C33H46FN3O6/c1-3-16-42-33(40)29-18-23-17-24(10-13-28(23)43-29)36-31(38)30-26(20-8-11-25(41-2)12-9-20)14-15-37(30)32(39)22-6-4-21(5-7-22)27(35)19-34/h10,13,17-18,20-22,25-27,30H,3-9,11-12,14-16,19,35H2,1-2H3,(H,36,38)/t20?,21?,22?,25?,26-,27+,30-/m0/s1. The number of furan rings is 1. The third kappa shape index (κ3) is 7.06. The van der Waals surface area contributed by atoms with Gasteiger partial charge in [0.15, 0.2) is 0 Å². The summed E-state index contributed by atoms with van der Waals surface area (Å²) in [4.78, 5) is 42.1. The van der Waals surface area contributed by atoms with Crippen molar-refractivity contribution in [3.05, 3.63) is 30.0 Å². The highest BCUT2D eigenvalue weighted by Gasteiger charge is 2.47. The van der Waals surface area contributed by atoms with Crippen LogP contribution in [0, 0.1) is 23.7 Å². The van der Waals surface area contributed by atoms with Crippen LogP contribution in [0.5, 0.6) is 0 Å². The van der Waals surface area contributed by atoms with E-state index in [1.165, 1.54) is 0 Å². The number of likely N-dealkylation sites (tertiary alicyclic amines) is 1. The van der Waals surface area contributed by atoms with E-state index in [1.54, 1.807) is 31.4 Å². The molecule has 3 aliphatic rings. The second-order valence-electron chi connectivity index (χ2n) is 12.6. The lowest BCUT2D eigenvalue weighted by Crippen LogP contribution is -2.50. The molecule has 3 fully saturated rings. The number of esters is 1. The Bertz CT molecular complexity index is 1270. The number of halogens is 1. The lowest BCUT2D eigenvalue weighted by Gasteiger charge is -2.37. The fourth-order valence-corrected chi connectivity index (χ4v) is 7.50. The lowest BCUT2D eigenvalue weighted by atomic mass is 9.75. The van der Waals surface area contributed by atoms with Crippen LogP contribution < -0.4 is 11.1 Å². The molecule has 9 nitrogen and oxygen atoms in total. The highest BCUT2D eigenvalue weighted by Crippen LogP contribution is 2.42. The fraction of sp³-hybridized carbons (Fsp3) is 0.667. The Kier molecular flexibility index (Phi) is 10.4. The van der Waals surface area contributed by atoms with Gasteiger partial charge in [-0.05, 0) is 106 Å². The highest BCUT2D eigenvalue weighted by molar-refractivity contribution is 6.00. The van der Waals surface area contributed by atoms with E-state index < -0.39 is 24.7 Å². The number of fused-ring (bicyclic) bond motifs is 1. The number of anilines is 1. The van der Waals surface area contributed by atoms with Crippen LogP contribution in [0.2, 0.25) is 0 Å². The number of nitrogens with one attached hydrogen (secondary N) is 1.